The molecule has 0 aliphatic heterocycles. The van der Waals surface area contributed by atoms with Gasteiger partial charge in [0, 0.05) is 20.5 Å². The highest BCUT2D eigenvalue weighted by Crippen LogP contribution is 2.53. The van der Waals surface area contributed by atoms with Crippen molar-refractivity contribution < 1.29 is 35.3 Å². The Morgan fingerprint density at radius 1 is 1.04 bits per heavy atom. The van der Waals surface area contributed by atoms with Crippen LogP contribution in [0.25, 0.3) is 0 Å². The lowest BCUT2D eigenvalue weighted by Crippen LogP contribution is -2.56. The zero-order valence-corrected chi connectivity index (χ0v) is 18.8. The highest BCUT2D eigenvalue weighted by molar-refractivity contribution is 14.1. The minimum Gasteiger partial charge on any atom is -0.607 e. The molecule has 2 unspecified atom stereocenters. The van der Waals surface area contributed by atoms with Gasteiger partial charge >= 0.3 is 17.4 Å². The van der Waals surface area contributed by atoms with Crippen molar-refractivity contribution in [2.24, 2.45) is 0 Å². The second kappa shape index (κ2) is 7.80. The zero-order valence-electron chi connectivity index (χ0n) is 12.6. The number of rotatable bonds is 4. The Kier molecular flexibility index (Phi) is 6.79. The van der Waals surface area contributed by atoms with Crippen LogP contribution < -0.4 is 0 Å². The Balaban J connectivity index is 2.53. The largest absolute Gasteiger partial charge is 0.607 e. The fourth-order valence-electron chi connectivity index (χ4n) is 2.13. The molecule has 0 fully saturated rings. The summed E-state index contributed by atoms with van der Waals surface area (Å²) in [7, 11) is 0. The van der Waals surface area contributed by atoms with Crippen LogP contribution in [0.2, 0.25) is 0 Å². The molecule has 2 atom stereocenters. The summed E-state index contributed by atoms with van der Waals surface area (Å²) in [5.41, 5.74) is 0.496. The van der Waals surface area contributed by atoms with E-state index in [1.807, 2.05) is 22.6 Å². The molecule has 0 saturated carbocycles. The molecule has 0 N–H and O–H groups in total. The highest BCUT2D eigenvalue weighted by Gasteiger charge is 2.80. The average Bonchev–Trinajstić information content (AvgIpc) is 2.52. The third-order valence-corrected chi connectivity index (χ3v) is 7.10. The molecule has 1 nitrogen and oxygen atoms in total. The molecule has 1 radical (unpaired) electrons. The number of alkyl halides is 8. The minimum absolute atomic E-state index is 0.0796. The Bertz CT molecular complexity index is 797. The maximum absolute atomic E-state index is 13.9. The summed E-state index contributed by atoms with van der Waals surface area (Å²) < 4.78 is 103. The summed E-state index contributed by atoms with van der Waals surface area (Å²) in [6, 6.07) is 6.58. The van der Waals surface area contributed by atoms with Crippen molar-refractivity contribution in [2.75, 3.05) is 0 Å². The van der Waals surface area contributed by atoms with Crippen molar-refractivity contribution in [3.8, 4) is 0 Å². The van der Waals surface area contributed by atoms with Crippen LogP contribution in [0.4, 0.5) is 30.7 Å². The molecule has 149 valence electrons. The summed E-state index contributed by atoms with van der Waals surface area (Å²) in [5.74, 6) is -6.47. The zero-order chi connectivity index (χ0) is 20.8. The van der Waals surface area contributed by atoms with Gasteiger partial charge in [-0.15, -0.1) is 8.78 Å². The van der Waals surface area contributed by atoms with E-state index in [9.17, 15) is 35.3 Å². The van der Waals surface area contributed by atoms with E-state index in [0.717, 1.165) is 12.2 Å². The van der Waals surface area contributed by atoms with Crippen LogP contribution in [0.5, 0.6) is 0 Å². The second-order valence-electron chi connectivity index (χ2n) is 5.33. The molecule has 1 aromatic rings. The maximum atomic E-state index is 13.9. The molecule has 27 heavy (non-hydrogen) atoms. The van der Waals surface area contributed by atoms with Gasteiger partial charge in [0.2, 0.25) is 0 Å². The van der Waals surface area contributed by atoms with Crippen LogP contribution in [-0.2, 0) is 15.5 Å². The quantitative estimate of drug-likeness (QED) is 0.152. The molecule has 2 rings (SSSR count). The molecular formula is C15H7Br2F7IOS. The smallest absolute Gasteiger partial charge is 0.486 e. The van der Waals surface area contributed by atoms with E-state index in [2.05, 4.69) is 31.9 Å². The summed E-state index contributed by atoms with van der Waals surface area (Å²) in [5, 5.41) is -5.87. The fraction of sp³-hybridized carbons (Fsp3) is 0.267. The Labute approximate surface area is 183 Å². The van der Waals surface area contributed by atoms with Crippen molar-refractivity contribution in [3.63, 3.8) is 0 Å². The Morgan fingerprint density at radius 3 is 2.11 bits per heavy atom. The highest BCUT2D eigenvalue weighted by atomic mass is 127. The lowest BCUT2D eigenvalue weighted by molar-refractivity contribution is -0.331. The van der Waals surface area contributed by atoms with Crippen LogP contribution >= 0.6 is 54.5 Å². The minimum atomic E-state index is -6.56. The van der Waals surface area contributed by atoms with E-state index in [1.54, 1.807) is 24.3 Å². The average molecular weight is 655 g/mol. The van der Waals surface area contributed by atoms with Crippen molar-refractivity contribution in [3.05, 3.63) is 61.4 Å². The topological polar surface area (TPSA) is 23.1 Å². The first-order valence-electron chi connectivity index (χ1n) is 6.77. The van der Waals surface area contributed by atoms with Crippen molar-refractivity contribution in [2.45, 2.75) is 21.7 Å². The van der Waals surface area contributed by atoms with Gasteiger partial charge in [0.05, 0.1) is 15.5 Å². The molecule has 1 aromatic carbocycles. The van der Waals surface area contributed by atoms with Crippen LogP contribution in [0.1, 0.15) is 5.56 Å². The van der Waals surface area contributed by atoms with Gasteiger partial charge in [-0.25, -0.2) is 0 Å². The first kappa shape index (κ1) is 23.5. The molecule has 0 aromatic heterocycles. The molecule has 1 aliphatic rings. The second-order valence-corrected chi connectivity index (χ2v) is 10.2. The van der Waals surface area contributed by atoms with Gasteiger partial charge in [0.15, 0.2) is 4.91 Å². The lowest BCUT2D eigenvalue weighted by Gasteiger charge is -2.32. The molecule has 0 heterocycles. The normalized spacial score (nSPS) is 22.9. The summed E-state index contributed by atoms with van der Waals surface area (Å²) in [6.07, 6.45) is -3.36. The van der Waals surface area contributed by atoms with Gasteiger partial charge in [-0.2, -0.15) is 22.0 Å². The predicted octanol–water partition coefficient (Wildman–Crippen LogP) is 6.80. The first-order chi connectivity index (χ1) is 12.1. The monoisotopic (exact) mass is 653 g/mol. The first-order valence-corrected chi connectivity index (χ1v) is 10.6. The fourth-order valence-corrected chi connectivity index (χ4v) is 6.57. The van der Waals surface area contributed by atoms with Crippen LogP contribution in [-0.4, -0.2) is 21.9 Å². The SMILES string of the molecule is [O-][S+](C1=CC(Br)(c2ccccc2I)[CH]C(Br)=C1)C(F)(F)C(F)(F)C(F)(F)F. The van der Waals surface area contributed by atoms with Crippen LogP contribution in [0.15, 0.2) is 45.8 Å². The molecule has 12 heteroatoms. The summed E-state index contributed by atoms with van der Waals surface area (Å²) in [6.45, 7) is 0. The van der Waals surface area contributed by atoms with E-state index < -0.39 is 37.8 Å². The maximum Gasteiger partial charge on any atom is 0.486 e. The van der Waals surface area contributed by atoms with Gasteiger partial charge in [-0.1, -0.05) is 50.1 Å². The van der Waals surface area contributed by atoms with Gasteiger partial charge in [-0.3, -0.25) is 0 Å². The van der Waals surface area contributed by atoms with E-state index >= 15 is 0 Å². The Morgan fingerprint density at radius 2 is 1.59 bits per heavy atom. The van der Waals surface area contributed by atoms with Gasteiger partial charge in [0.1, 0.15) is 0 Å². The molecule has 0 amide bonds. The molecule has 0 bridgehead atoms. The number of benzene rings is 1. The third kappa shape index (κ3) is 4.38. The van der Waals surface area contributed by atoms with Gasteiger partial charge in [-0.05, 0) is 40.3 Å². The third-order valence-electron chi connectivity index (χ3n) is 3.44. The Hall–Kier alpha value is 0.210. The molecule has 0 spiro atoms. The van der Waals surface area contributed by atoms with Gasteiger partial charge < -0.3 is 4.55 Å². The molecule has 1 aliphatic carbocycles. The van der Waals surface area contributed by atoms with E-state index in [-0.39, 0.29) is 4.48 Å². The van der Waals surface area contributed by atoms with Crippen molar-refractivity contribution >= 4 is 65.6 Å². The summed E-state index contributed by atoms with van der Waals surface area (Å²) in [4.78, 5) is -0.880. The van der Waals surface area contributed by atoms with E-state index in [1.165, 1.54) is 6.42 Å². The molecular weight excluding hydrogens is 648 g/mol. The van der Waals surface area contributed by atoms with Crippen molar-refractivity contribution in [1.82, 2.24) is 0 Å². The van der Waals surface area contributed by atoms with Crippen LogP contribution in [0.3, 0.4) is 0 Å². The number of hydrogen-bond acceptors (Lipinski definition) is 1. The number of allylic oxidation sites excluding steroid dienone is 3. The standard InChI is InChI=1S/C15H7Br2F7IOS/c16-8-5-9(27(26)15(23,24)13(18,19)14(20,21)22)7-12(17,6-8)10-3-1-2-4-11(10)25/h1-7H. The lowest BCUT2D eigenvalue weighted by atomic mass is 9.92. The van der Waals surface area contributed by atoms with E-state index in [0.29, 0.717) is 9.13 Å². The predicted molar refractivity (Wildman–Crippen MR) is 103 cm³/mol. The molecule has 0 saturated heterocycles. The van der Waals surface area contributed by atoms with Gasteiger partial charge in [0.25, 0.3) is 0 Å². The van der Waals surface area contributed by atoms with Crippen LogP contribution in [0, 0.1) is 9.99 Å². The number of halogens is 10. The summed E-state index contributed by atoms with van der Waals surface area (Å²) >= 11 is 4.21. The number of hydrogen-bond donors (Lipinski definition) is 0. The van der Waals surface area contributed by atoms with E-state index in [4.69, 9.17) is 0 Å². The van der Waals surface area contributed by atoms with Crippen molar-refractivity contribution in [1.29, 1.82) is 0 Å².